The standard InChI is InChI=1S/C14H28N2O2/c1-5-16-9-7-6-8-11(16)13(18)15-10-12(17)14(2,3)4/h11-12,17H,5-10H2,1-4H3,(H,15,18). The Kier molecular flexibility index (Phi) is 5.60. The monoisotopic (exact) mass is 256 g/mol. The van der Waals surface area contributed by atoms with Gasteiger partial charge in [0.15, 0.2) is 0 Å². The minimum Gasteiger partial charge on any atom is -0.391 e. The van der Waals surface area contributed by atoms with Crippen molar-refractivity contribution in [2.24, 2.45) is 5.41 Å². The quantitative estimate of drug-likeness (QED) is 0.799. The lowest BCUT2D eigenvalue weighted by Crippen LogP contribution is -2.51. The van der Waals surface area contributed by atoms with Gasteiger partial charge in [-0.3, -0.25) is 9.69 Å². The predicted molar refractivity (Wildman–Crippen MR) is 73.4 cm³/mol. The third kappa shape index (κ3) is 4.25. The Balaban J connectivity index is 2.44. The largest absolute Gasteiger partial charge is 0.391 e. The first kappa shape index (κ1) is 15.4. The van der Waals surface area contributed by atoms with Crippen molar-refractivity contribution in [3.8, 4) is 0 Å². The van der Waals surface area contributed by atoms with Gasteiger partial charge in [0.25, 0.3) is 0 Å². The third-order valence-corrected chi connectivity index (χ3v) is 3.79. The summed E-state index contributed by atoms with van der Waals surface area (Å²) in [6, 6.07) is -0.00378. The molecule has 4 nitrogen and oxygen atoms in total. The van der Waals surface area contributed by atoms with Crippen LogP contribution in [0.4, 0.5) is 0 Å². The number of hydrogen-bond acceptors (Lipinski definition) is 3. The number of carbonyl (C=O) groups is 1. The highest BCUT2D eigenvalue weighted by molar-refractivity contribution is 5.81. The van der Waals surface area contributed by atoms with Crippen LogP contribution in [0.3, 0.4) is 0 Å². The van der Waals surface area contributed by atoms with Crippen LogP contribution in [0.5, 0.6) is 0 Å². The van der Waals surface area contributed by atoms with Gasteiger partial charge in [0.1, 0.15) is 0 Å². The molecule has 0 aromatic carbocycles. The van der Waals surface area contributed by atoms with Gasteiger partial charge in [-0.1, -0.05) is 34.1 Å². The highest BCUT2D eigenvalue weighted by atomic mass is 16.3. The molecular weight excluding hydrogens is 228 g/mol. The molecule has 0 aromatic heterocycles. The van der Waals surface area contributed by atoms with Crippen molar-refractivity contribution >= 4 is 5.91 Å². The van der Waals surface area contributed by atoms with Crippen molar-refractivity contribution in [1.29, 1.82) is 0 Å². The summed E-state index contributed by atoms with van der Waals surface area (Å²) in [6.07, 6.45) is 2.74. The molecule has 0 aromatic rings. The molecule has 1 aliphatic heterocycles. The van der Waals surface area contributed by atoms with Crippen molar-refractivity contribution in [3.63, 3.8) is 0 Å². The summed E-state index contributed by atoms with van der Waals surface area (Å²) in [5, 5.41) is 12.8. The predicted octanol–water partition coefficient (Wildman–Crippen LogP) is 1.38. The van der Waals surface area contributed by atoms with Crippen LogP contribution in [0.15, 0.2) is 0 Å². The van der Waals surface area contributed by atoms with Gasteiger partial charge in [-0.05, 0) is 31.3 Å². The average molecular weight is 256 g/mol. The van der Waals surface area contributed by atoms with Crippen LogP contribution in [0.25, 0.3) is 0 Å². The van der Waals surface area contributed by atoms with Crippen molar-refractivity contribution in [1.82, 2.24) is 10.2 Å². The van der Waals surface area contributed by atoms with Crippen LogP contribution in [0.1, 0.15) is 47.0 Å². The van der Waals surface area contributed by atoms with Gasteiger partial charge in [0, 0.05) is 6.54 Å². The molecule has 0 radical (unpaired) electrons. The summed E-state index contributed by atoms with van der Waals surface area (Å²) in [4.78, 5) is 14.4. The van der Waals surface area contributed by atoms with Crippen LogP contribution >= 0.6 is 0 Å². The summed E-state index contributed by atoms with van der Waals surface area (Å²) >= 11 is 0. The second kappa shape index (κ2) is 6.53. The zero-order chi connectivity index (χ0) is 13.8. The molecule has 1 fully saturated rings. The van der Waals surface area contributed by atoms with Crippen LogP contribution in [-0.2, 0) is 4.79 Å². The number of nitrogens with zero attached hydrogens (tertiary/aromatic N) is 1. The fraction of sp³-hybridized carbons (Fsp3) is 0.929. The summed E-state index contributed by atoms with van der Waals surface area (Å²) in [5.74, 6) is 0.0693. The Hall–Kier alpha value is -0.610. The van der Waals surface area contributed by atoms with Gasteiger partial charge < -0.3 is 10.4 Å². The van der Waals surface area contributed by atoms with Crippen LogP contribution in [0, 0.1) is 5.41 Å². The van der Waals surface area contributed by atoms with E-state index in [1.807, 2.05) is 20.8 Å². The molecule has 4 heteroatoms. The first-order chi connectivity index (χ1) is 8.36. The topological polar surface area (TPSA) is 52.6 Å². The molecule has 0 spiro atoms. The number of aliphatic hydroxyl groups excluding tert-OH is 1. The summed E-state index contributed by atoms with van der Waals surface area (Å²) < 4.78 is 0. The summed E-state index contributed by atoms with van der Waals surface area (Å²) in [6.45, 7) is 10.3. The molecule has 106 valence electrons. The van der Waals surface area contributed by atoms with E-state index in [9.17, 15) is 9.90 Å². The maximum Gasteiger partial charge on any atom is 0.237 e. The molecule has 1 aliphatic rings. The van der Waals surface area contributed by atoms with Gasteiger partial charge in [-0.15, -0.1) is 0 Å². The normalized spacial score (nSPS) is 23.7. The van der Waals surface area contributed by atoms with E-state index >= 15 is 0 Å². The summed E-state index contributed by atoms with van der Waals surface area (Å²) in [7, 11) is 0. The number of amides is 1. The van der Waals surface area contributed by atoms with Crippen molar-refractivity contribution in [3.05, 3.63) is 0 Å². The second-order valence-corrected chi connectivity index (χ2v) is 6.27. The minimum atomic E-state index is -0.500. The maximum absolute atomic E-state index is 12.1. The molecular formula is C14H28N2O2. The van der Waals surface area contributed by atoms with E-state index in [1.54, 1.807) is 0 Å². The fourth-order valence-corrected chi connectivity index (χ4v) is 2.29. The Morgan fingerprint density at radius 1 is 1.44 bits per heavy atom. The van der Waals surface area contributed by atoms with Gasteiger partial charge in [-0.2, -0.15) is 0 Å². The smallest absolute Gasteiger partial charge is 0.237 e. The molecule has 1 amide bonds. The molecule has 2 atom stereocenters. The van der Waals surface area contributed by atoms with Crippen LogP contribution < -0.4 is 5.32 Å². The van der Waals surface area contributed by atoms with E-state index < -0.39 is 6.10 Å². The van der Waals surface area contributed by atoms with Crippen LogP contribution in [-0.4, -0.2) is 47.7 Å². The number of rotatable bonds is 4. The lowest BCUT2D eigenvalue weighted by Gasteiger charge is -2.34. The SMILES string of the molecule is CCN1CCCCC1C(=O)NCC(O)C(C)(C)C. The van der Waals surface area contributed by atoms with Crippen molar-refractivity contribution in [2.45, 2.75) is 59.1 Å². The fourth-order valence-electron chi connectivity index (χ4n) is 2.29. The Labute approximate surface area is 111 Å². The number of likely N-dealkylation sites (tertiary alicyclic amines) is 1. The van der Waals surface area contributed by atoms with E-state index in [0.29, 0.717) is 6.54 Å². The van der Waals surface area contributed by atoms with E-state index in [-0.39, 0.29) is 17.4 Å². The lowest BCUT2D eigenvalue weighted by molar-refractivity contribution is -0.128. The van der Waals surface area contributed by atoms with E-state index in [0.717, 1.165) is 25.9 Å². The maximum atomic E-state index is 12.1. The first-order valence-corrected chi connectivity index (χ1v) is 7.06. The highest BCUT2D eigenvalue weighted by Crippen LogP contribution is 2.19. The number of likely N-dealkylation sites (N-methyl/N-ethyl adjacent to an activating group) is 1. The van der Waals surface area contributed by atoms with Gasteiger partial charge in [0.05, 0.1) is 12.1 Å². The minimum absolute atomic E-state index is 0.00378. The number of nitrogens with one attached hydrogen (secondary N) is 1. The van der Waals surface area contributed by atoms with Crippen molar-refractivity contribution < 1.29 is 9.90 Å². The zero-order valence-electron chi connectivity index (χ0n) is 12.2. The van der Waals surface area contributed by atoms with Crippen LogP contribution in [0.2, 0.25) is 0 Å². The van der Waals surface area contributed by atoms with Gasteiger partial charge in [0.2, 0.25) is 5.91 Å². The number of piperidine rings is 1. The number of aliphatic hydroxyl groups is 1. The molecule has 1 saturated heterocycles. The Morgan fingerprint density at radius 2 is 2.11 bits per heavy atom. The lowest BCUT2D eigenvalue weighted by atomic mass is 9.89. The number of hydrogen-bond donors (Lipinski definition) is 2. The summed E-state index contributed by atoms with van der Waals surface area (Å²) in [5.41, 5.74) is -0.190. The molecule has 1 rings (SSSR count). The zero-order valence-corrected chi connectivity index (χ0v) is 12.2. The third-order valence-electron chi connectivity index (χ3n) is 3.79. The Morgan fingerprint density at radius 3 is 2.67 bits per heavy atom. The highest BCUT2D eigenvalue weighted by Gasteiger charge is 2.29. The molecule has 0 saturated carbocycles. The molecule has 2 unspecified atom stereocenters. The van der Waals surface area contributed by atoms with E-state index in [4.69, 9.17) is 0 Å². The Bertz CT molecular complexity index is 273. The second-order valence-electron chi connectivity index (χ2n) is 6.27. The molecule has 2 N–H and O–H groups in total. The van der Waals surface area contributed by atoms with Crippen molar-refractivity contribution in [2.75, 3.05) is 19.6 Å². The number of carbonyl (C=O) groups excluding carboxylic acids is 1. The average Bonchev–Trinajstić information content (AvgIpc) is 2.34. The first-order valence-electron chi connectivity index (χ1n) is 7.06. The van der Waals surface area contributed by atoms with Gasteiger partial charge in [-0.25, -0.2) is 0 Å². The molecule has 0 aliphatic carbocycles. The van der Waals surface area contributed by atoms with Gasteiger partial charge >= 0.3 is 0 Å². The molecule has 18 heavy (non-hydrogen) atoms. The van der Waals surface area contributed by atoms with E-state index in [1.165, 1.54) is 6.42 Å². The molecule has 0 bridgehead atoms. The van der Waals surface area contributed by atoms with E-state index in [2.05, 4.69) is 17.1 Å². The molecule has 1 heterocycles.